The Morgan fingerprint density at radius 2 is 1.62 bits per heavy atom. The molecule has 0 radical (unpaired) electrons. The quantitative estimate of drug-likeness (QED) is 0.593. The van der Waals surface area contributed by atoms with E-state index in [9.17, 15) is 0 Å². The Hall–Kier alpha value is 0.620. The smallest absolute Gasteiger partial charge is 0.0926 e. The molecule has 0 aliphatic carbocycles. The van der Waals surface area contributed by atoms with Crippen LogP contribution in [0.4, 0.5) is 0 Å². The molecule has 4 heteroatoms. The molecule has 98 valence electrons. The molecule has 0 aliphatic rings. The summed E-state index contributed by atoms with van der Waals surface area (Å²) in [6, 6.07) is 0. The Labute approximate surface area is 109 Å². The van der Waals surface area contributed by atoms with Crippen LogP contribution in [0.5, 0.6) is 0 Å². The molecule has 0 bridgehead atoms. The van der Waals surface area contributed by atoms with E-state index < -0.39 is 0 Å². The van der Waals surface area contributed by atoms with Crippen molar-refractivity contribution in [3.05, 3.63) is 0 Å². The van der Waals surface area contributed by atoms with E-state index in [1.807, 2.05) is 11.8 Å². The predicted octanol–water partition coefficient (Wildman–Crippen LogP) is 3.65. The molecule has 0 N–H and O–H groups in total. The van der Waals surface area contributed by atoms with Crippen molar-refractivity contribution < 1.29 is 9.47 Å². The molecule has 0 saturated heterocycles. The van der Waals surface area contributed by atoms with E-state index in [2.05, 4.69) is 40.2 Å². The minimum atomic E-state index is -0.154. The first-order chi connectivity index (χ1) is 7.39. The summed E-state index contributed by atoms with van der Waals surface area (Å²) in [4.78, 5) is 0. The average Bonchev–Trinajstić information content (AvgIpc) is 2.24. The molecule has 0 spiro atoms. The van der Waals surface area contributed by atoms with Crippen molar-refractivity contribution in [2.75, 3.05) is 30.8 Å². The zero-order valence-corrected chi connectivity index (χ0v) is 13.1. The van der Waals surface area contributed by atoms with Crippen LogP contribution in [-0.4, -0.2) is 42.0 Å². The Morgan fingerprint density at radius 3 is 2.06 bits per heavy atom. The standard InChI is InChI=1S/C12H26O2S2/c1-7-12(4,14-10-16-6)8-13-11(2,3)9-15-5/h7-10H2,1-6H3. The molecule has 0 heterocycles. The zero-order chi connectivity index (χ0) is 12.7. The predicted molar refractivity (Wildman–Crippen MR) is 76.6 cm³/mol. The summed E-state index contributed by atoms with van der Waals surface area (Å²) in [6.07, 6.45) is 5.13. The fourth-order valence-electron chi connectivity index (χ4n) is 1.18. The van der Waals surface area contributed by atoms with Gasteiger partial charge < -0.3 is 9.47 Å². The minimum Gasteiger partial charge on any atom is -0.372 e. The van der Waals surface area contributed by atoms with E-state index in [4.69, 9.17) is 9.47 Å². The number of ether oxygens (including phenoxy) is 2. The molecule has 2 nitrogen and oxygen atoms in total. The number of hydrogen-bond donors (Lipinski definition) is 0. The average molecular weight is 266 g/mol. The molecule has 0 amide bonds. The third-order valence-electron chi connectivity index (χ3n) is 2.53. The second-order valence-corrected chi connectivity index (χ2v) is 6.51. The highest BCUT2D eigenvalue weighted by atomic mass is 32.2. The van der Waals surface area contributed by atoms with Gasteiger partial charge in [-0.1, -0.05) is 6.92 Å². The van der Waals surface area contributed by atoms with Crippen LogP contribution in [0.25, 0.3) is 0 Å². The van der Waals surface area contributed by atoms with Crippen LogP contribution in [-0.2, 0) is 9.47 Å². The van der Waals surface area contributed by atoms with Crippen LogP contribution < -0.4 is 0 Å². The van der Waals surface area contributed by atoms with Crippen molar-refractivity contribution in [3.8, 4) is 0 Å². The van der Waals surface area contributed by atoms with Crippen molar-refractivity contribution in [2.45, 2.75) is 45.3 Å². The first-order valence-electron chi connectivity index (χ1n) is 5.65. The van der Waals surface area contributed by atoms with Gasteiger partial charge in [0.15, 0.2) is 0 Å². The van der Waals surface area contributed by atoms with Gasteiger partial charge in [-0.3, -0.25) is 0 Å². The number of thioether (sulfide) groups is 2. The van der Waals surface area contributed by atoms with Crippen molar-refractivity contribution >= 4 is 23.5 Å². The normalized spacial score (nSPS) is 16.1. The lowest BCUT2D eigenvalue weighted by Crippen LogP contribution is -2.39. The van der Waals surface area contributed by atoms with E-state index >= 15 is 0 Å². The second-order valence-electron chi connectivity index (χ2n) is 4.84. The first-order valence-corrected chi connectivity index (χ1v) is 8.43. The van der Waals surface area contributed by atoms with Gasteiger partial charge in [0.05, 0.1) is 23.7 Å². The summed E-state index contributed by atoms with van der Waals surface area (Å²) >= 11 is 3.52. The Morgan fingerprint density at radius 1 is 1.00 bits per heavy atom. The molecular formula is C12H26O2S2. The van der Waals surface area contributed by atoms with Crippen LogP contribution >= 0.6 is 23.5 Å². The maximum absolute atomic E-state index is 5.97. The highest BCUT2D eigenvalue weighted by Gasteiger charge is 2.27. The molecular weight excluding hydrogens is 240 g/mol. The van der Waals surface area contributed by atoms with Crippen molar-refractivity contribution in [1.29, 1.82) is 0 Å². The summed E-state index contributed by atoms with van der Waals surface area (Å²) < 4.78 is 11.8. The van der Waals surface area contributed by atoms with Crippen LogP contribution in [0.1, 0.15) is 34.1 Å². The molecule has 16 heavy (non-hydrogen) atoms. The van der Waals surface area contributed by atoms with Gasteiger partial charge in [0, 0.05) is 5.75 Å². The maximum Gasteiger partial charge on any atom is 0.0926 e. The zero-order valence-electron chi connectivity index (χ0n) is 11.5. The van der Waals surface area contributed by atoms with Crippen LogP contribution in [0.2, 0.25) is 0 Å². The Kier molecular flexibility index (Phi) is 8.16. The number of hydrogen-bond acceptors (Lipinski definition) is 4. The van der Waals surface area contributed by atoms with Gasteiger partial charge in [-0.25, -0.2) is 0 Å². The Bertz CT molecular complexity index is 186. The lowest BCUT2D eigenvalue weighted by molar-refractivity contribution is -0.111. The fraction of sp³-hybridized carbons (Fsp3) is 1.00. The number of rotatable bonds is 9. The van der Waals surface area contributed by atoms with Gasteiger partial charge in [-0.2, -0.15) is 11.8 Å². The molecule has 0 aromatic carbocycles. The van der Waals surface area contributed by atoms with Crippen LogP contribution in [0.15, 0.2) is 0 Å². The molecule has 0 saturated carbocycles. The summed E-state index contributed by atoms with van der Waals surface area (Å²) in [5.74, 6) is 1.74. The minimum absolute atomic E-state index is 0.0709. The largest absolute Gasteiger partial charge is 0.372 e. The van der Waals surface area contributed by atoms with E-state index in [-0.39, 0.29) is 11.2 Å². The van der Waals surface area contributed by atoms with Gasteiger partial charge in [0.1, 0.15) is 0 Å². The molecule has 0 aliphatic heterocycles. The van der Waals surface area contributed by atoms with Crippen molar-refractivity contribution in [3.63, 3.8) is 0 Å². The summed E-state index contributed by atoms with van der Waals surface area (Å²) in [5, 5.41) is 0. The molecule has 1 unspecified atom stereocenters. The summed E-state index contributed by atoms with van der Waals surface area (Å²) in [7, 11) is 0. The third kappa shape index (κ3) is 7.05. The molecule has 0 aromatic heterocycles. The second kappa shape index (κ2) is 7.85. The van der Waals surface area contributed by atoms with Crippen LogP contribution in [0.3, 0.4) is 0 Å². The third-order valence-corrected chi connectivity index (χ3v) is 3.87. The van der Waals surface area contributed by atoms with Crippen molar-refractivity contribution in [1.82, 2.24) is 0 Å². The van der Waals surface area contributed by atoms with Gasteiger partial charge in [-0.05, 0) is 39.7 Å². The highest BCUT2D eigenvalue weighted by Crippen LogP contribution is 2.22. The van der Waals surface area contributed by atoms with E-state index in [1.54, 1.807) is 11.8 Å². The summed E-state index contributed by atoms with van der Waals surface area (Å²) in [5.41, 5.74) is -0.225. The lowest BCUT2D eigenvalue weighted by atomic mass is 10.0. The van der Waals surface area contributed by atoms with Gasteiger partial charge in [-0.15, -0.1) is 11.8 Å². The molecule has 0 aromatic rings. The van der Waals surface area contributed by atoms with E-state index in [0.717, 1.165) is 18.1 Å². The van der Waals surface area contributed by atoms with E-state index in [0.29, 0.717) is 6.61 Å². The molecule has 0 fully saturated rings. The van der Waals surface area contributed by atoms with Gasteiger partial charge in [0.25, 0.3) is 0 Å². The van der Waals surface area contributed by atoms with E-state index in [1.165, 1.54) is 0 Å². The molecule has 0 rings (SSSR count). The lowest BCUT2D eigenvalue weighted by Gasteiger charge is -2.33. The highest BCUT2D eigenvalue weighted by molar-refractivity contribution is 7.98. The van der Waals surface area contributed by atoms with Gasteiger partial charge in [0.2, 0.25) is 0 Å². The monoisotopic (exact) mass is 266 g/mol. The fourth-order valence-corrected chi connectivity index (χ4v) is 2.37. The van der Waals surface area contributed by atoms with Crippen molar-refractivity contribution in [2.24, 2.45) is 0 Å². The van der Waals surface area contributed by atoms with Gasteiger partial charge >= 0.3 is 0 Å². The first kappa shape index (κ1) is 16.6. The topological polar surface area (TPSA) is 18.5 Å². The summed E-state index contributed by atoms with van der Waals surface area (Å²) in [6.45, 7) is 9.20. The maximum atomic E-state index is 5.97. The Balaban J connectivity index is 4.11. The van der Waals surface area contributed by atoms with Crippen LogP contribution in [0, 0.1) is 0 Å². The molecule has 1 atom stereocenters. The SMILES string of the molecule is CCC(C)(COC(C)(C)CSC)OCSC.